The number of carbonyl (C=O) groups is 3. The van der Waals surface area contributed by atoms with Crippen LogP contribution in [0.15, 0.2) is 48.5 Å². The molecule has 3 amide bonds. The summed E-state index contributed by atoms with van der Waals surface area (Å²) in [4.78, 5) is 38.4. The van der Waals surface area contributed by atoms with E-state index in [9.17, 15) is 14.4 Å². The van der Waals surface area contributed by atoms with Crippen molar-refractivity contribution in [2.24, 2.45) is 0 Å². The molecule has 6 nitrogen and oxygen atoms in total. The maximum Gasteiger partial charge on any atom is 0.325 e. The summed E-state index contributed by atoms with van der Waals surface area (Å²) in [6.45, 7) is 1.73. The zero-order chi connectivity index (χ0) is 19.0. The maximum absolute atomic E-state index is 13.1. The number of rotatable bonds is 5. The lowest BCUT2D eigenvalue weighted by Gasteiger charge is -2.22. The third-order valence-corrected chi connectivity index (χ3v) is 5.26. The number of fused-ring (bicyclic) bond motifs is 2. The zero-order valence-corrected chi connectivity index (χ0v) is 15.0. The van der Waals surface area contributed by atoms with Crippen molar-refractivity contribution in [2.45, 2.75) is 25.3 Å². The number of benzene rings is 2. The van der Waals surface area contributed by atoms with Gasteiger partial charge in [0.2, 0.25) is 0 Å². The van der Waals surface area contributed by atoms with Gasteiger partial charge in [-0.25, -0.2) is 4.79 Å². The first-order valence-corrected chi connectivity index (χ1v) is 8.98. The van der Waals surface area contributed by atoms with Crippen molar-refractivity contribution in [3.05, 3.63) is 65.2 Å². The minimum atomic E-state index is -0.953. The van der Waals surface area contributed by atoms with E-state index in [2.05, 4.69) is 5.32 Å². The Morgan fingerprint density at radius 2 is 1.89 bits per heavy atom. The fourth-order valence-corrected chi connectivity index (χ4v) is 3.92. The number of para-hydroxylation sites is 1. The fraction of sp³-hybridized carbons (Fsp3) is 0.286. The Kier molecular flexibility index (Phi) is 4.18. The third kappa shape index (κ3) is 2.77. The first kappa shape index (κ1) is 17.3. The van der Waals surface area contributed by atoms with Gasteiger partial charge in [-0.3, -0.25) is 14.5 Å². The van der Waals surface area contributed by atoms with Crippen LogP contribution in [-0.4, -0.2) is 35.8 Å². The molecular formula is C21H20N2O4. The Hall–Kier alpha value is -3.15. The predicted octanol–water partition coefficient (Wildman–Crippen LogP) is 2.66. The summed E-state index contributed by atoms with van der Waals surface area (Å²) < 4.78 is 5.68. The number of hydrogen-bond donors (Lipinski definition) is 1. The minimum absolute atomic E-state index is 0.0953. The molecule has 0 saturated carbocycles. The average Bonchev–Trinajstić information content (AvgIpc) is 3.15. The minimum Gasteiger partial charge on any atom is -0.491 e. The van der Waals surface area contributed by atoms with Crippen molar-refractivity contribution in [3.63, 3.8) is 0 Å². The first-order chi connectivity index (χ1) is 13.0. The van der Waals surface area contributed by atoms with Gasteiger partial charge in [-0.2, -0.15) is 0 Å². The van der Waals surface area contributed by atoms with Crippen LogP contribution in [0.3, 0.4) is 0 Å². The molecule has 1 aliphatic heterocycles. The number of amides is 3. The second kappa shape index (κ2) is 6.54. The van der Waals surface area contributed by atoms with Gasteiger partial charge in [0.1, 0.15) is 17.9 Å². The Morgan fingerprint density at radius 1 is 1.15 bits per heavy atom. The normalized spacial score (nSPS) is 20.7. The summed E-state index contributed by atoms with van der Waals surface area (Å²) in [5.74, 6) is 0.126. The highest BCUT2D eigenvalue weighted by Gasteiger charge is 2.55. The highest BCUT2D eigenvalue weighted by atomic mass is 16.5. The molecule has 1 N–H and O–H groups in total. The van der Waals surface area contributed by atoms with Crippen molar-refractivity contribution in [1.82, 2.24) is 10.2 Å². The predicted molar refractivity (Wildman–Crippen MR) is 98.6 cm³/mol. The van der Waals surface area contributed by atoms with E-state index in [1.807, 2.05) is 24.3 Å². The van der Waals surface area contributed by atoms with Crippen molar-refractivity contribution in [1.29, 1.82) is 0 Å². The number of ketones is 1. The number of hydrogen-bond acceptors (Lipinski definition) is 4. The van der Waals surface area contributed by atoms with Crippen LogP contribution in [0, 0.1) is 0 Å². The summed E-state index contributed by atoms with van der Waals surface area (Å²) in [5.41, 5.74) is 1.51. The van der Waals surface area contributed by atoms with Gasteiger partial charge in [0.25, 0.3) is 5.91 Å². The molecule has 0 radical (unpaired) electrons. The average molecular weight is 364 g/mol. The van der Waals surface area contributed by atoms with Crippen molar-refractivity contribution in [3.8, 4) is 5.75 Å². The van der Waals surface area contributed by atoms with Gasteiger partial charge < -0.3 is 10.1 Å². The lowest BCUT2D eigenvalue weighted by atomic mass is 9.92. The summed E-state index contributed by atoms with van der Waals surface area (Å²) in [5, 5.41) is 2.89. The molecule has 0 bridgehead atoms. The highest BCUT2D eigenvalue weighted by Crippen LogP contribution is 2.41. The first-order valence-electron chi connectivity index (χ1n) is 8.98. The molecule has 1 fully saturated rings. The van der Waals surface area contributed by atoms with Crippen molar-refractivity contribution < 1.29 is 19.1 Å². The summed E-state index contributed by atoms with van der Waals surface area (Å²) in [6, 6.07) is 14.3. The van der Waals surface area contributed by atoms with Gasteiger partial charge in [0.05, 0.1) is 12.1 Å². The van der Waals surface area contributed by atoms with E-state index in [1.54, 1.807) is 24.3 Å². The molecule has 2 aromatic carbocycles. The van der Waals surface area contributed by atoms with E-state index < -0.39 is 11.6 Å². The van der Waals surface area contributed by atoms with Crippen LogP contribution in [0.5, 0.6) is 5.75 Å². The zero-order valence-electron chi connectivity index (χ0n) is 15.0. The van der Waals surface area contributed by atoms with Crippen molar-refractivity contribution >= 4 is 17.7 Å². The largest absolute Gasteiger partial charge is 0.491 e. The molecule has 1 saturated heterocycles. The smallest absolute Gasteiger partial charge is 0.325 e. The second-order valence-electron chi connectivity index (χ2n) is 6.85. The summed E-state index contributed by atoms with van der Waals surface area (Å²) in [7, 11) is 0. The van der Waals surface area contributed by atoms with Crippen LogP contribution in [0.1, 0.15) is 34.8 Å². The number of ether oxygens (including phenoxy) is 1. The number of aryl methyl sites for hydroxylation is 1. The van der Waals surface area contributed by atoms with Crippen LogP contribution < -0.4 is 10.1 Å². The summed E-state index contributed by atoms with van der Waals surface area (Å²) >= 11 is 0. The molecule has 1 spiro atoms. The SMILES string of the molecule is CC(=O)c1ccccc1OCCN1C(=O)NC2(CCc3ccccc32)C1=O. The number of carbonyl (C=O) groups excluding carboxylic acids is 3. The van der Waals surface area contributed by atoms with E-state index in [4.69, 9.17) is 4.74 Å². The van der Waals surface area contributed by atoms with Crippen LogP contribution in [0.2, 0.25) is 0 Å². The van der Waals surface area contributed by atoms with Gasteiger partial charge >= 0.3 is 6.03 Å². The van der Waals surface area contributed by atoms with Gasteiger partial charge in [0.15, 0.2) is 5.78 Å². The number of urea groups is 1. The monoisotopic (exact) mass is 364 g/mol. The van der Waals surface area contributed by atoms with Crippen LogP contribution >= 0.6 is 0 Å². The molecular weight excluding hydrogens is 344 g/mol. The number of nitrogens with one attached hydrogen (secondary N) is 1. The molecule has 1 unspecified atom stereocenters. The maximum atomic E-state index is 13.1. The molecule has 1 heterocycles. The fourth-order valence-electron chi connectivity index (χ4n) is 3.92. The van der Waals surface area contributed by atoms with Crippen LogP contribution in [-0.2, 0) is 16.8 Å². The molecule has 0 aromatic heterocycles. The Labute approximate surface area is 157 Å². The van der Waals surface area contributed by atoms with Gasteiger partial charge in [-0.1, -0.05) is 36.4 Å². The van der Waals surface area contributed by atoms with Gasteiger partial charge in [-0.05, 0) is 43.0 Å². The molecule has 6 heteroatoms. The molecule has 1 atom stereocenters. The highest BCUT2D eigenvalue weighted by molar-refractivity contribution is 6.08. The Morgan fingerprint density at radius 3 is 2.70 bits per heavy atom. The number of imide groups is 1. The van der Waals surface area contributed by atoms with E-state index in [0.717, 1.165) is 17.5 Å². The number of nitrogens with zero attached hydrogens (tertiary/aromatic N) is 1. The topological polar surface area (TPSA) is 75.7 Å². The standard InChI is InChI=1S/C21H20N2O4/c1-14(24)16-7-3-5-9-18(16)27-13-12-23-19(25)21(22-20(23)26)11-10-15-6-2-4-8-17(15)21/h2-9H,10-13H2,1H3,(H,22,26). The molecule has 2 aromatic rings. The van der Waals surface area contributed by atoms with Crippen LogP contribution in [0.25, 0.3) is 0 Å². The molecule has 138 valence electrons. The van der Waals surface area contributed by atoms with Gasteiger partial charge in [-0.15, -0.1) is 0 Å². The third-order valence-electron chi connectivity index (χ3n) is 5.26. The number of Topliss-reactive ketones (excluding diaryl/α,β-unsaturated/α-hetero) is 1. The van der Waals surface area contributed by atoms with E-state index in [0.29, 0.717) is 17.7 Å². The van der Waals surface area contributed by atoms with E-state index in [1.165, 1.54) is 11.8 Å². The lowest BCUT2D eigenvalue weighted by molar-refractivity contribution is -0.131. The molecule has 27 heavy (non-hydrogen) atoms. The van der Waals surface area contributed by atoms with Gasteiger partial charge in [0, 0.05) is 0 Å². The molecule has 2 aliphatic rings. The Bertz CT molecular complexity index is 939. The van der Waals surface area contributed by atoms with Crippen LogP contribution in [0.4, 0.5) is 4.79 Å². The second-order valence-corrected chi connectivity index (χ2v) is 6.85. The summed E-state index contributed by atoms with van der Waals surface area (Å²) in [6.07, 6.45) is 1.33. The van der Waals surface area contributed by atoms with E-state index in [-0.39, 0.29) is 24.8 Å². The lowest BCUT2D eigenvalue weighted by Crippen LogP contribution is -2.42. The quantitative estimate of drug-likeness (QED) is 0.654. The molecule has 4 rings (SSSR count). The van der Waals surface area contributed by atoms with E-state index >= 15 is 0 Å². The van der Waals surface area contributed by atoms with Crippen molar-refractivity contribution in [2.75, 3.05) is 13.2 Å². The molecule has 1 aliphatic carbocycles. The Balaban J connectivity index is 1.48.